The molecule has 0 bridgehead atoms. The molecule has 2 heterocycles. The number of benzene rings is 1. The molecule has 1 amide bonds. The van der Waals surface area contributed by atoms with Gasteiger partial charge in [0, 0.05) is 11.9 Å². The number of rotatable bonds is 2. The molecular formula is C17H17N3O. The average Bonchev–Trinajstić information content (AvgIpc) is 2.61. The molecule has 1 aliphatic rings. The van der Waals surface area contributed by atoms with Crippen molar-refractivity contribution in [1.82, 2.24) is 4.98 Å². The summed E-state index contributed by atoms with van der Waals surface area (Å²) in [5.41, 5.74) is 3.03. The van der Waals surface area contributed by atoms with Crippen molar-refractivity contribution in [2.45, 2.75) is 13.8 Å². The highest BCUT2D eigenvalue weighted by atomic mass is 16.1. The van der Waals surface area contributed by atoms with Crippen LogP contribution in [0.1, 0.15) is 24.2 Å². The van der Waals surface area contributed by atoms with Crippen molar-refractivity contribution in [2.24, 2.45) is 5.92 Å². The number of para-hydroxylation sites is 1. The van der Waals surface area contributed by atoms with Crippen LogP contribution >= 0.6 is 0 Å². The number of nitrogens with one attached hydrogen (secondary N) is 1. The zero-order valence-corrected chi connectivity index (χ0v) is 12.1. The molecule has 0 radical (unpaired) electrons. The molecule has 0 aliphatic carbocycles. The summed E-state index contributed by atoms with van der Waals surface area (Å²) in [4.78, 5) is 18.8. The van der Waals surface area contributed by atoms with Crippen LogP contribution in [0.4, 0.5) is 17.2 Å². The predicted molar refractivity (Wildman–Crippen MR) is 84.7 cm³/mol. The molecular weight excluding hydrogens is 262 g/mol. The first-order valence-corrected chi connectivity index (χ1v) is 6.94. The van der Waals surface area contributed by atoms with E-state index < -0.39 is 0 Å². The molecule has 0 spiro atoms. The number of carbonyl (C=O) groups excluding carboxylic acids is 1. The second-order valence-electron chi connectivity index (χ2n) is 5.33. The van der Waals surface area contributed by atoms with E-state index in [1.165, 1.54) is 0 Å². The third-order valence-electron chi connectivity index (χ3n) is 3.59. The van der Waals surface area contributed by atoms with Gasteiger partial charge in [-0.05, 0) is 30.2 Å². The number of pyridine rings is 1. The Hall–Kier alpha value is -2.62. The fourth-order valence-electron chi connectivity index (χ4n) is 2.39. The second kappa shape index (κ2) is 5.05. The minimum absolute atomic E-state index is 0.126. The minimum Gasteiger partial charge on any atom is -0.319 e. The Morgan fingerprint density at radius 1 is 1.24 bits per heavy atom. The van der Waals surface area contributed by atoms with Gasteiger partial charge in [0.15, 0.2) is 5.82 Å². The summed E-state index contributed by atoms with van der Waals surface area (Å²) in [7, 11) is 0. The fraction of sp³-hybridized carbons (Fsp3) is 0.176. The maximum Gasteiger partial charge on any atom is 0.257 e. The SMILES string of the molecule is C=C(C(C)C)N1c2ccccc2C(=O)Nc2cccnc21. The van der Waals surface area contributed by atoms with Crippen LogP contribution in [0.3, 0.4) is 0 Å². The van der Waals surface area contributed by atoms with Crippen molar-refractivity contribution in [1.29, 1.82) is 0 Å². The van der Waals surface area contributed by atoms with Crippen molar-refractivity contribution < 1.29 is 4.79 Å². The van der Waals surface area contributed by atoms with E-state index in [-0.39, 0.29) is 11.8 Å². The summed E-state index contributed by atoms with van der Waals surface area (Å²) in [5.74, 6) is 0.814. The predicted octanol–water partition coefficient (Wildman–Crippen LogP) is 3.96. The van der Waals surface area contributed by atoms with Crippen LogP contribution in [-0.2, 0) is 0 Å². The topological polar surface area (TPSA) is 45.2 Å². The van der Waals surface area contributed by atoms with E-state index >= 15 is 0 Å². The van der Waals surface area contributed by atoms with E-state index in [0.29, 0.717) is 17.1 Å². The van der Waals surface area contributed by atoms with E-state index in [9.17, 15) is 4.79 Å². The van der Waals surface area contributed by atoms with Gasteiger partial charge in [-0.1, -0.05) is 32.6 Å². The molecule has 4 nitrogen and oxygen atoms in total. The maximum absolute atomic E-state index is 12.4. The molecule has 21 heavy (non-hydrogen) atoms. The number of hydrogen-bond donors (Lipinski definition) is 1. The van der Waals surface area contributed by atoms with Gasteiger partial charge >= 0.3 is 0 Å². The van der Waals surface area contributed by atoms with Crippen LogP contribution in [0.2, 0.25) is 0 Å². The monoisotopic (exact) mass is 279 g/mol. The van der Waals surface area contributed by atoms with Gasteiger partial charge < -0.3 is 5.32 Å². The molecule has 106 valence electrons. The Labute approximate surface area is 124 Å². The van der Waals surface area contributed by atoms with Gasteiger partial charge in [0.2, 0.25) is 0 Å². The molecule has 0 saturated carbocycles. The summed E-state index contributed by atoms with van der Waals surface area (Å²) in [6, 6.07) is 11.2. The quantitative estimate of drug-likeness (QED) is 0.905. The molecule has 1 aromatic carbocycles. The highest BCUT2D eigenvalue weighted by Crippen LogP contribution is 2.39. The number of hydrogen-bond acceptors (Lipinski definition) is 3. The van der Waals surface area contributed by atoms with Crippen LogP contribution in [0.15, 0.2) is 54.9 Å². The highest BCUT2D eigenvalue weighted by molar-refractivity contribution is 6.12. The van der Waals surface area contributed by atoms with E-state index in [0.717, 1.165) is 11.4 Å². The summed E-state index contributed by atoms with van der Waals surface area (Å²) < 4.78 is 0. The lowest BCUT2D eigenvalue weighted by molar-refractivity contribution is 0.102. The molecule has 1 aliphatic heterocycles. The number of nitrogens with zero attached hydrogens (tertiary/aromatic N) is 2. The molecule has 2 aromatic rings. The zero-order chi connectivity index (χ0) is 15.0. The molecule has 0 atom stereocenters. The first-order valence-electron chi connectivity index (χ1n) is 6.94. The summed E-state index contributed by atoms with van der Waals surface area (Å²) >= 11 is 0. The summed E-state index contributed by atoms with van der Waals surface area (Å²) in [5, 5.41) is 2.92. The number of carbonyl (C=O) groups is 1. The highest BCUT2D eigenvalue weighted by Gasteiger charge is 2.28. The van der Waals surface area contributed by atoms with E-state index in [1.54, 1.807) is 6.20 Å². The Morgan fingerprint density at radius 2 is 2.00 bits per heavy atom. The number of aromatic nitrogens is 1. The first kappa shape index (κ1) is 13.4. The molecule has 0 saturated heterocycles. The normalized spacial score (nSPS) is 13.3. The number of fused-ring (bicyclic) bond motifs is 2. The van der Waals surface area contributed by atoms with Gasteiger partial charge in [-0.3, -0.25) is 9.69 Å². The second-order valence-corrected chi connectivity index (χ2v) is 5.33. The lowest BCUT2D eigenvalue weighted by Crippen LogP contribution is -2.21. The number of anilines is 3. The molecule has 0 unspecified atom stereocenters. The van der Waals surface area contributed by atoms with Crippen molar-refractivity contribution in [2.75, 3.05) is 10.2 Å². The lowest BCUT2D eigenvalue weighted by atomic mass is 10.1. The van der Waals surface area contributed by atoms with Crippen LogP contribution < -0.4 is 10.2 Å². The molecule has 3 rings (SSSR count). The average molecular weight is 279 g/mol. The molecule has 4 heteroatoms. The minimum atomic E-state index is -0.126. The maximum atomic E-state index is 12.4. The lowest BCUT2D eigenvalue weighted by Gasteiger charge is -2.28. The number of amides is 1. The zero-order valence-electron chi connectivity index (χ0n) is 12.1. The van der Waals surface area contributed by atoms with Crippen LogP contribution in [0.5, 0.6) is 0 Å². The van der Waals surface area contributed by atoms with Gasteiger partial charge in [-0.25, -0.2) is 4.98 Å². The summed E-state index contributed by atoms with van der Waals surface area (Å²) in [6.07, 6.45) is 1.72. The largest absolute Gasteiger partial charge is 0.319 e. The molecule has 0 fully saturated rings. The third kappa shape index (κ3) is 2.18. The Bertz CT molecular complexity index is 721. The summed E-state index contributed by atoms with van der Waals surface area (Å²) in [6.45, 7) is 8.34. The third-order valence-corrected chi connectivity index (χ3v) is 3.59. The Morgan fingerprint density at radius 3 is 2.76 bits per heavy atom. The van der Waals surface area contributed by atoms with Gasteiger partial charge in [0.1, 0.15) is 0 Å². The van der Waals surface area contributed by atoms with Crippen molar-refractivity contribution in [3.8, 4) is 0 Å². The number of allylic oxidation sites excluding steroid dienone is 1. The van der Waals surface area contributed by atoms with E-state index in [1.807, 2.05) is 41.3 Å². The van der Waals surface area contributed by atoms with Gasteiger partial charge in [0.25, 0.3) is 5.91 Å². The first-order chi connectivity index (χ1) is 10.1. The van der Waals surface area contributed by atoms with Crippen molar-refractivity contribution in [3.63, 3.8) is 0 Å². The van der Waals surface area contributed by atoms with Gasteiger partial charge in [0.05, 0.1) is 16.9 Å². The standard InChI is InChI=1S/C17H17N3O/c1-11(2)12(3)20-15-9-5-4-7-13(15)17(21)19-14-8-6-10-18-16(14)20/h4-11H,3H2,1-2H3,(H,19,21). The van der Waals surface area contributed by atoms with Gasteiger partial charge in [-0.15, -0.1) is 0 Å². The molecule has 1 aromatic heterocycles. The van der Waals surface area contributed by atoms with Crippen LogP contribution in [0.25, 0.3) is 0 Å². The molecule has 1 N–H and O–H groups in total. The van der Waals surface area contributed by atoms with Crippen molar-refractivity contribution >= 4 is 23.1 Å². The Kier molecular flexibility index (Phi) is 3.22. The smallest absolute Gasteiger partial charge is 0.257 e. The van der Waals surface area contributed by atoms with Crippen molar-refractivity contribution in [3.05, 3.63) is 60.4 Å². The Balaban J connectivity index is 2.28. The fourth-order valence-corrected chi connectivity index (χ4v) is 2.39. The van der Waals surface area contributed by atoms with E-state index in [2.05, 4.69) is 30.7 Å². The van der Waals surface area contributed by atoms with E-state index in [4.69, 9.17) is 0 Å². The van der Waals surface area contributed by atoms with Crippen LogP contribution in [0, 0.1) is 5.92 Å². The van der Waals surface area contributed by atoms with Crippen LogP contribution in [-0.4, -0.2) is 10.9 Å². The van der Waals surface area contributed by atoms with Gasteiger partial charge in [-0.2, -0.15) is 0 Å².